The van der Waals surface area contributed by atoms with E-state index in [4.69, 9.17) is 9.47 Å². The van der Waals surface area contributed by atoms with E-state index in [0.717, 1.165) is 16.8 Å². The van der Waals surface area contributed by atoms with Gasteiger partial charge in [-0.2, -0.15) is 0 Å². The summed E-state index contributed by atoms with van der Waals surface area (Å²) in [7, 11) is 0. The summed E-state index contributed by atoms with van der Waals surface area (Å²) in [6.45, 7) is 6.55. The number of hydrogen-bond acceptors (Lipinski definition) is 6. The molecule has 1 aromatic heterocycles. The maximum Gasteiger partial charge on any atom is 0.274 e. The highest BCUT2D eigenvalue weighted by atomic mass is 16.7. The number of anilines is 2. The van der Waals surface area contributed by atoms with Gasteiger partial charge in [-0.05, 0) is 25.0 Å². The van der Waals surface area contributed by atoms with E-state index >= 15 is 0 Å². The molecule has 0 aliphatic carbocycles. The van der Waals surface area contributed by atoms with Crippen LogP contribution in [0.5, 0.6) is 0 Å². The zero-order valence-corrected chi connectivity index (χ0v) is 15.7. The van der Waals surface area contributed by atoms with Crippen LogP contribution in [-0.4, -0.2) is 52.9 Å². The van der Waals surface area contributed by atoms with Crippen molar-refractivity contribution >= 4 is 17.4 Å². The molecule has 1 aromatic carbocycles. The van der Waals surface area contributed by atoms with Crippen molar-refractivity contribution in [2.24, 2.45) is 0 Å². The van der Waals surface area contributed by atoms with Crippen molar-refractivity contribution in [1.29, 1.82) is 0 Å². The van der Waals surface area contributed by atoms with Crippen LogP contribution in [0.2, 0.25) is 0 Å². The Labute approximate surface area is 158 Å². The minimum atomic E-state index is -0.484. The molecule has 2 fully saturated rings. The van der Waals surface area contributed by atoms with Gasteiger partial charge in [0.05, 0.1) is 25.6 Å². The van der Waals surface area contributed by atoms with E-state index in [1.165, 1.54) is 6.20 Å². The van der Waals surface area contributed by atoms with Crippen LogP contribution in [0.15, 0.2) is 30.6 Å². The van der Waals surface area contributed by atoms with Gasteiger partial charge in [-0.1, -0.05) is 18.2 Å². The van der Waals surface area contributed by atoms with Gasteiger partial charge < -0.3 is 19.7 Å². The molecule has 2 aromatic rings. The summed E-state index contributed by atoms with van der Waals surface area (Å²) in [4.78, 5) is 23.2. The van der Waals surface area contributed by atoms with Gasteiger partial charge in [0, 0.05) is 31.6 Å². The standard InChI is InChI=1S/C20H24N4O3/c1-14-4-3-5-15(2)18(14)23-17-13-21-16(12-22-17)19(25)24-8-6-20(7-9-24)26-10-11-27-20/h3-5,12-13H,6-11H2,1-2H3,(H,22,23). The number of amides is 1. The van der Waals surface area contributed by atoms with E-state index in [-0.39, 0.29) is 5.91 Å². The minimum Gasteiger partial charge on any atom is -0.347 e. The molecular weight excluding hydrogens is 344 g/mol. The van der Waals surface area contributed by atoms with Gasteiger partial charge in [0.15, 0.2) is 5.79 Å². The molecule has 7 nitrogen and oxygen atoms in total. The Morgan fingerprint density at radius 2 is 1.74 bits per heavy atom. The number of para-hydroxylation sites is 1. The first kappa shape index (κ1) is 17.9. The molecule has 7 heteroatoms. The number of nitrogens with zero attached hydrogens (tertiary/aromatic N) is 3. The van der Waals surface area contributed by atoms with E-state index < -0.39 is 5.79 Å². The van der Waals surface area contributed by atoms with Gasteiger partial charge in [-0.15, -0.1) is 0 Å². The first-order valence-electron chi connectivity index (χ1n) is 9.29. The van der Waals surface area contributed by atoms with Gasteiger partial charge in [0.1, 0.15) is 11.5 Å². The fraction of sp³-hybridized carbons (Fsp3) is 0.450. The van der Waals surface area contributed by atoms with Crippen LogP contribution in [0.1, 0.15) is 34.5 Å². The molecule has 0 unspecified atom stereocenters. The number of ether oxygens (including phenoxy) is 2. The largest absolute Gasteiger partial charge is 0.347 e. The normalized spacial score (nSPS) is 18.7. The summed E-state index contributed by atoms with van der Waals surface area (Å²) >= 11 is 0. The number of aromatic nitrogens is 2. The van der Waals surface area contributed by atoms with Gasteiger partial charge >= 0.3 is 0 Å². The van der Waals surface area contributed by atoms with Crippen molar-refractivity contribution in [1.82, 2.24) is 14.9 Å². The second-order valence-electron chi connectivity index (χ2n) is 7.08. The first-order chi connectivity index (χ1) is 13.1. The van der Waals surface area contributed by atoms with Gasteiger partial charge in [0.25, 0.3) is 5.91 Å². The van der Waals surface area contributed by atoms with E-state index in [2.05, 4.69) is 15.3 Å². The zero-order chi connectivity index (χ0) is 18.9. The topological polar surface area (TPSA) is 76.6 Å². The van der Waals surface area contributed by atoms with E-state index in [1.54, 1.807) is 11.1 Å². The lowest BCUT2D eigenvalue weighted by atomic mass is 10.0. The van der Waals surface area contributed by atoms with Crippen LogP contribution in [0.25, 0.3) is 0 Å². The Morgan fingerprint density at radius 3 is 2.33 bits per heavy atom. The lowest BCUT2D eigenvalue weighted by Gasteiger charge is -2.37. The SMILES string of the molecule is Cc1cccc(C)c1Nc1cnc(C(=O)N2CCC3(CC2)OCCO3)cn1. The maximum absolute atomic E-state index is 12.7. The molecule has 2 saturated heterocycles. The second-order valence-corrected chi connectivity index (χ2v) is 7.08. The smallest absolute Gasteiger partial charge is 0.274 e. The predicted octanol–water partition coefficient (Wildman–Crippen LogP) is 2.82. The summed E-state index contributed by atoms with van der Waals surface area (Å²) in [6, 6.07) is 6.11. The third-order valence-corrected chi connectivity index (χ3v) is 5.23. The maximum atomic E-state index is 12.7. The number of aryl methyl sites for hydroxylation is 2. The quantitative estimate of drug-likeness (QED) is 0.898. The molecule has 2 aliphatic heterocycles. The number of carbonyl (C=O) groups excluding carboxylic acids is 1. The Morgan fingerprint density at radius 1 is 1.07 bits per heavy atom. The Bertz CT molecular complexity index is 801. The van der Waals surface area contributed by atoms with Crippen LogP contribution in [0.4, 0.5) is 11.5 Å². The summed E-state index contributed by atoms with van der Waals surface area (Å²) < 4.78 is 11.4. The monoisotopic (exact) mass is 368 g/mol. The minimum absolute atomic E-state index is 0.103. The Hall–Kier alpha value is -2.51. The molecule has 3 heterocycles. The average molecular weight is 368 g/mol. The number of piperidine rings is 1. The third-order valence-electron chi connectivity index (χ3n) is 5.23. The molecule has 0 bridgehead atoms. The Balaban J connectivity index is 1.41. The van der Waals surface area contributed by atoms with E-state index in [9.17, 15) is 4.79 Å². The van der Waals surface area contributed by atoms with Crippen molar-refractivity contribution in [3.05, 3.63) is 47.4 Å². The molecule has 0 atom stereocenters. The number of benzene rings is 1. The molecule has 0 radical (unpaired) electrons. The fourth-order valence-corrected chi connectivity index (χ4v) is 3.64. The third kappa shape index (κ3) is 3.65. The van der Waals surface area contributed by atoms with Gasteiger partial charge in [-0.25, -0.2) is 9.97 Å². The van der Waals surface area contributed by atoms with Crippen LogP contribution in [-0.2, 0) is 9.47 Å². The number of nitrogens with one attached hydrogen (secondary N) is 1. The van der Waals surface area contributed by atoms with Crippen LogP contribution >= 0.6 is 0 Å². The number of rotatable bonds is 3. The van der Waals surface area contributed by atoms with Crippen molar-refractivity contribution in [2.75, 3.05) is 31.6 Å². The molecule has 0 saturated carbocycles. The van der Waals surface area contributed by atoms with Crippen LogP contribution in [0.3, 0.4) is 0 Å². The molecule has 4 rings (SSSR count). The highest BCUT2D eigenvalue weighted by Crippen LogP contribution is 2.31. The highest BCUT2D eigenvalue weighted by Gasteiger charge is 2.41. The molecule has 142 valence electrons. The Kier molecular flexibility index (Phi) is 4.80. The van der Waals surface area contributed by atoms with Crippen LogP contribution in [0, 0.1) is 13.8 Å². The molecule has 2 aliphatic rings. The lowest BCUT2D eigenvalue weighted by molar-refractivity contribution is -0.181. The molecular formula is C20H24N4O3. The van der Waals surface area contributed by atoms with Gasteiger partial charge in [-0.3, -0.25) is 4.79 Å². The summed E-state index contributed by atoms with van der Waals surface area (Å²) in [5.74, 6) is 0.0324. The fourth-order valence-electron chi connectivity index (χ4n) is 3.64. The average Bonchev–Trinajstić information content (AvgIpc) is 3.13. The molecule has 27 heavy (non-hydrogen) atoms. The number of carbonyl (C=O) groups is 1. The van der Waals surface area contributed by atoms with Crippen molar-refractivity contribution < 1.29 is 14.3 Å². The van der Waals surface area contributed by atoms with E-state index in [0.29, 0.717) is 50.7 Å². The lowest BCUT2D eigenvalue weighted by Crippen LogP contribution is -2.47. The predicted molar refractivity (Wildman–Crippen MR) is 101 cm³/mol. The number of likely N-dealkylation sites (tertiary alicyclic amines) is 1. The summed E-state index contributed by atoms with van der Waals surface area (Å²) in [6.07, 6.45) is 4.52. The molecule has 1 spiro atoms. The van der Waals surface area contributed by atoms with Crippen LogP contribution < -0.4 is 5.32 Å². The summed E-state index contributed by atoms with van der Waals surface area (Å²) in [5.41, 5.74) is 3.64. The van der Waals surface area contributed by atoms with Gasteiger partial charge in [0.2, 0.25) is 0 Å². The van der Waals surface area contributed by atoms with Crippen molar-refractivity contribution in [3.8, 4) is 0 Å². The second kappa shape index (κ2) is 7.25. The molecule has 1 amide bonds. The van der Waals surface area contributed by atoms with Crippen molar-refractivity contribution in [3.63, 3.8) is 0 Å². The molecule has 1 N–H and O–H groups in total. The highest BCUT2D eigenvalue weighted by molar-refractivity contribution is 5.92. The van der Waals surface area contributed by atoms with E-state index in [1.807, 2.05) is 32.0 Å². The number of hydrogen-bond donors (Lipinski definition) is 1. The zero-order valence-electron chi connectivity index (χ0n) is 15.7. The summed E-state index contributed by atoms with van der Waals surface area (Å²) in [5, 5.41) is 3.29. The first-order valence-corrected chi connectivity index (χ1v) is 9.29. The van der Waals surface area contributed by atoms with Crippen molar-refractivity contribution in [2.45, 2.75) is 32.5 Å².